The Bertz CT molecular complexity index is 604. The Morgan fingerprint density at radius 1 is 1.11 bits per heavy atom. The molecule has 0 spiro atoms. The van der Waals surface area contributed by atoms with Crippen LogP contribution < -0.4 is 5.32 Å². The van der Waals surface area contributed by atoms with Crippen LogP contribution >= 0.6 is 0 Å². The number of anilines is 1. The molecule has 2 aromatic carbocycles. The van der Waals surface area contributed by atoms with Gasteiger partial charge in [0.1, 0.15) is 0 Å². The zero-order valence-corrected chi connectivity index (χ0v) is 10.5. The summed E-state index contributed by atoms with van der Waals surface area (Å²) in [5.74, 6) is -0.891. The Balaban J connectivity index is 1.78. The van der Waals surface area contributed by atoms with Gasteiger partial charge in [0.25, 0.3) is 0 Å². The van der Waals surface area contributed by atoms with E-state index in [1.807, 2.05) is 12.1 Å². The van der Waals surface area contributed by atoms with Gasteiger partial charge >= 0.3 is 5.97 Å². The average Bonchev–Trinajstić information content (AvgIpc) is 2.83. The Morgan fingerprint density at radius 2 is 1.84 bits per heavy atom. The maximum absolute atomic E-state index is 10.8. The van der Waals surface area contributed by atoms with Crippen molar-refractivity contribution >= 4 is 11.7 Å². The van der Waals surface area contributed by atoms with Gasteiger partial charge in [-0.25, -0.2) is 4.79 Å². The van der Waals surface area contributed by atoms with Gasteiger partial charge in [-0.15, -0.1) is 0 Å². The summed E-state index contributed by atoms with van der Waals surface area (Å²) in [5, 5.41) is 12.3. The van der Waals surface area contributed by atoms with Crippen molar-refractivity contribution in [3.63, 3.8) is 0 Å². The Kier molecular flexibility index (Phi) is 2.95. The highest BCUT2D eigenvalue weighted by molar-refractivity contribution is 5.88. The molecule has 1 unspecified atom stereocenters. The van der Waals surface area contributed by atoms with Crippen LogP contribution in [-0.4, -0.2) is 11.1 Å². The summed E-state index contributed by atoms with van der Waals surface area (Å²) >= 11 is 0. The summed E-state index contributed by atoms with van der Waals surface area (Å²) < 4.78 is 0. The molecule has 1 aliphatic rings. The van der Waals surface area contributed by atoms with Gasteiger partial charge in [-0.1, -0.05) is 24.3 Å². The maximum Gasteiger partial charge on any atom is 0.335 e. The molecule has 19 heavy (non-hydrogen) atoms. The number of carboxylic acid groups (broad SMARTS) is 1. The van der Waals surface area contributed by atoms with Crippen LogP contribution in [0.3, 0.4) is 0 Å². The van der Waals surface area contributed by atoms with Crippen molar-refractivity contribution in [3.05, 3.63) is 65.2 Å². The van der Waals surface area contributed by atoms with Crippen molar-refractivity contribution in [2.24, 2.45) is 0 Å². The number of hydrogen-bond acceptors (Lipinski definition) is 2. The van der Waals surface area contributed by atoms with Crippen LogP contribution in [-0.2, 0) is 6.42 Å². The second-order valence-electron chi connectivity index (χ2n) is 4.82. The van der Waals surface area contributed by atoms with Crippen LogP contribution in [0.2, 0.25) is 0 Å². The van der Waals surface area contributed by atoms with Gasteiger partial charge in [0.2, 0.25) is 0 Å². The summed E-state index contributed by atoms with van der Waals surface area (Å²) in [5.41, 5.74) is 4.04. The highest BCUT2D eigenvalue weighted by Gasteiger charge is 2.21. The highest BCUT2D eigenvalue weighted by atomic mass is 16.4. The third kappa shape index (κ3) is 2.32. The Morgan fingerprint density at radius 3 is 2.58 bits per heavy atom. The molecular weight excluding hydrogens is 238 g/mol. The predicted octanol–water partition coefficient (Wildman–Crippen LogP) is 3.48. The van der Waals surface area contributed by atoms with E-state index in [1.54, 1.807) is 12.1 Å². The van der Waals surface area contributed by atoms with Crippen molar-refractivity contribution < 1.29 is 9.90 Å². The largest absolute Gasteiger partial charge is 0.478 e. The van der Waals surface area contributed by atoms with E-state index in [0.29, 0.717) is 11.6 Å². The Hall–Kier alpha value is -2.29. The number of aryl methyl sites for hydroxylation is 1. The molecule has 2 N–H and O–H groups in total. The number of nitrogens with one attached hydrogen (secondary N) is 1. The third-order valence-corrected chi connectivity index (χ3v) is 3.61. The number of fused-ring (bicyclic) bond motifs is 1. The SMILES string of the molecule is O=C(O)c1ccc(NC2CCc3ccccc32)cc1. The third-order valence-electron chi connectivity index (χ3n) is 3.61. The molecule has 3 rings (SSSR count). The lowest BCUT2D eigenvalue weighted by Gasteiger charge is -2.15. The van der Waals surface area contributed by atoms with Gasteiger partial charge in [0.05, 0.1) is 11.6 Å². The number of rotatable bonds is 3. The fourth-order valence-electron chi connectivity index (χ4n) is 2.62. The van der Waals surface area contributed by atoms with Gasteiger partial charge in [-0.2, -0.15) is 0 Å². The fourth-order valence-corrected chi connectivity index (χ4v) is 2.62. The molecule has 0 radical (unpaired) electrons. The number of benzene rings is 2. The van der Waals surface area contributed by atoms with Gasteiger partial charge in [0, 0.05) is 5.69 Å². The second kappa shape index (κ2) is 4.76. The first-order valence-electron chi connectivity index (χ1n) is 6.42. The molecule has 3 nitrogen and oxygen atoms in total. The fraction of sp³-hybridized carbons (Fsp3) is 0.188. The lowest BCUT2D eigenvalue weighted by molar-refractivity contribution is 0.0697. The molecule has 0 saturated heterocycles. The molecule has 0 heterocycles. The molecule has 3 heteroatoms. The summed E-state index contributed by atoms with van der Waals surface area (Å²) in [6.45, 7) is 0. The molecule has 1 aliphatic carbocycles. The van der Waals surface area contributed by atoms with Gasteiger partial charge in [0.15, 0.2) is 0 Å². The maximum atomic E-state index is 10.8. The number of hydrogen-bond donors (Lipinski definition) is 2. The van der Waals surface area contributed by atoms with Crippen molar-refractivity contribution in [2.45, 2.75) is 18.9 Å². The van der Waals surface area contributed by atoms with Crippen LogP contribution in [0, 0.1) is 0 Å². The van der Waals surface area contributed by atoms with Crippen LogP contribution in [0.25, 0.3) is 0 Å². The first-order valence-corrected chi connectivity index (χ1v) is 6.42. The smallest absolute Gasteiger partial charge is 0.335 e. The quantitative estimate of drug-likeness (QED) is 0.880. The molecule has 0 saturated carbocycles. The van der Waals surface area contributed by atoms with Gasteiger partial charge in [-0.3, -0.25) is 0 Å². The number of aromatic carboxylic acids is 1. The molecule has 2 aromatic rings. The first kappa shape index (κ1) is 11.8. The topological polar surface area (TPSA) is 49.3 Å². The summed E-state index contributed by atoms with van der Waals surface area (Å²) in [7, 11) is 0. The highest BCUT2D eigenvalue weighted by Crippen LogP contribution is 2.33. The molecular formula is C16H15NO2. The van der Waals surface area contributed by atoms with Crippen molar-refractivity contribution in [2.75, 3.05) is 5.32 Å². The standard InChI is InChI=1S/C16H15NO2/c18-16(19)12-5-8-13(9-6-12)17-15-10-7-11-3-1-2-4-14(11)15/h1-6,8-9,15,17H,7,10H2,(H,18,19). The van der Waals surface area contributed by atoms with Gasteiger partial charge in [-0.05, 0) is 48.2 Å². The van der Waals surface area contributed by atoms with E-state index in [-0.39, 0.29) is 0 Å². The van der Waals surface area contributed by atoms with E-state index in [9.17, 15) is 4.79 Å². The zero-order chi connectivity index (χ0) is 13.2. The van der Waals surface area contributed by atoms with E-state index < -0.39 is 5.97 Å². The number of carboxylic acids is 1. The monoisotopic (exact) mass is 253 g/mol. The lowest BCUT2D eigenvalue weighted by Crippen LogP contribution is -2.07. The summed E-state index contributed by atoms with van der Waals surface area (Å²) in [4.78, 5) is 10.8. The summed E-state index contributed by atoms with van der Waals surface area (Å²) in [6.07, 6.45) is 2.18. The summed E-state index contributed by atoms with van der Waals surface area (Å²) in [6, 6.07) is 15.7. The van der Waals surface area contributed by atoms with Gasteiger partial charge < -0.3 is 10.4 Å². The minimum absolute atomic E-state index is 0.317. The molecule has 96 valence electrons. The molecule has 0 bridgehead atoms. The van der Waals surface area contributed by atoms with E-state index in [0.717, 1.165) is 18.5 Å². The van der Waals surface area contributed by atoms with Crippen molar-refractivity contribution in [1.29, 1.82) is 0 Å². The van der Waals surface area contributed by atoms with Crippen molar-refractivity contribution in [3.8, 4) is 0 Å². The molecule has 0 fully saturated rings. The van der Waals surface area contributed by atoms with Crippen LogP contribution in [0.15, 0.2) is 48.5 Å². The average molecular weight is 253 g/mol. The van der Waals surface area contributed by atoms with E-state index in [2.05, 4.69) is 29.6 Å². The van der Waals surface area contributed by atoms with Crippen LogP contribution in [0.1, 0.15) is 33.9 Å². The molecule has 1 atom stereocenters. The molecule has 0 aromatic heterocycles. The van der Waals surface area contributed by atoms with Crippen LogP contribution in [0.4, 0.5) is 5.69 Å². The first-order chi connectivity index (χ1) is 9.24. The molecule has 0 amide bonds. The minimum atomic E-state index is -0.891. The zero-order valence-electron chi connectivity index (χ0n) is 10.5. The Labute approximate surface area is 111 Å². The lowest BCUT2D eigenvalue weighted by atomic mass is 10.1. The second-order valence-corrected chi connectivity index (χ2v) is 4.82. The van der Waals surface area contributed by atoms with E-state index in [1.165, 1.54) is 11.1 Å². The van der Waals surface area contributed by atoms with Crippen LogP contribution in [0.5, 0.6) is 0 Å². The normalized spacial score (nSPS) is 16.9. The van der Waals surface area contributed by atoms with E-state index >= 15 is 0 Å². The van der Waals surface area contributed by atoms with E-state index in [4.69, 9.17) is 5.11 Å². The van der Waals surface area contributed by atoms with Crippen molar-refractivity contribution in [1.82, 2.24) is 0 Å². The predicted molar refractivity (Wildman–Crippen MR) is 74.5 cm³/mol. The number of carbonyl (C=O) groups is 1. The molecule has 0 aliphatic heterocycles. The minimum Gasteiger partial charge on any atom is -0.478 e.